The van der Waals surface area contributed by atoms with E-state index in [-0.39, 0.29) is 36.0 Å². The molecule has 1 aromatic carbocycles. The third kappa shape index (κ3) is 3.81. The van der Waals surface area contributed by atoms with E-state index in [1.54, 1.807) is 0 Å². The third-order valence-corrected chi connectivity index (χ3v) is 6.45. The van der Waals surface area contributed by atoms with Gasteiger partial charge in [0.2, 0.25) is 11.8 Å². The summed E-state index contributed by atoms with van der Waals surface area (Å²) in [6.07, 6.45) is 4.95. The van der Waals surface area contributed by atoms with Gasteiger partial charge in [0.1, 0.15) is 5.82 Å². The Labute approximate surface area is 164 Å². The standard InChI is InChI=1S/C21H26FN3O3/c22-16-3-5-17(6-4-16)25-20(27)14-18(21(25)28)23-11-7-15(8-12-23)9-13-24-10-1-2-19(24)26/h3-6,15,18H,1-2,7-14H2/p+1/t18-/m0/s1. The number of anilines is 1. The van der Waals surface area contributed by atoms with Gasteiger partial charge in [0, 0.05) is 19.5 Å². The van der Waals surface area contributed by atoms with Crippen molar-refractivity contribution in [2.24, 2.45) is 5.92 Å². The minimum Gasteiger partial charge on any atom is -0.343 e. The number of rotatable bonds is 5. The number of nitrogens with zero attached hydrogens (tertiary/aromatic N) is 2. The smallest absolute Gasteiger partial charge is 0.292 e. The zero-order valence-corrected chi connectivity index (χ0v) is 16.0. The summed E-state index contributed by atoms with van der Waals surface area (Å²) in [6.45, 7) is 3.48. The van der Waals surface area contributed by atoms with Crippen LogP contribution in [0.2, 0.25) is 0 Å². The second kappa shape index (κ2) is 7.99. The average Bonchev–Trinajstić information content (AvgIpc) is 3.24. The van der Waals surface area contributed by atoms with Crippen LogP contribution < -0.4 is 9.80 Å². The number of quaternary nitrogens is 1. The molecule has 0 spiro atoms. The summed E-state index contributed by atoms with van der Waals surface area (Å²) in [5.74, 6) is 0.0933. The van der Waals surface area contributed by atoms with Crippen molar-refractivity contribution < 1.29 is 23.7 Å². The van der Waals surface area contributed by atoms with Crippen LogP contribution in [0, 0.1) is 11.7 Å². The van der Waals surface area contributed by atoms with Gasteiger partial charge in [-0.1, -0.05) is 0 Å². The number of hydrogen-bond acceptors (Lipinski definition) is 3. The van der Waals surface area contributed by atoms with E-state index in [0.29, 0.717) is 18.0 Å². The molecule has 0 radical (unpaired) electrons. The molecule has 150 valence electrons. The Hall–Kier alpha value is -2.28. The predicted molar refractivity (Wildman–Crippen MR) is 101 cm³/mol. The van der Waals surface area contributed by atoms with E-state index < -0.39 is 0 Å². The fourth-order valence-corrected chi connectivity index (χ4v) is 4.78. The quantitative estimate of drug-likeness (QED) is 0.758. The largest absolute Gasteiger partial charge is 0.343 e. The fraction of sp³-hybridized carbons (Fsp3) is 0.571. The topological polar surface area (TPSA) is 62.1 Å². The lowest BCUT2D eigenvalue weighted by Crippen LogP contribution is -3.17. The van der Waals surface area contributed by atoms with Gasteiger partial charge in [-0.25, -0.2) is 9.29 Å². The molecule has 1 aromatic rings. The van der Waals surface area contributed by atoms with Gasteiger partial charge < -0.3 is 9.80 Å². The molecule has 3 amide bonds. The van der Waals surface area contributed by atoms with Crippen LogP contribution in [0.1, 0.15) is 38.5 Å². The number of likely N-dealkylation sites (tertiary alicyclic amines) is 2. The molecule has 28 heavy (non-hydrogen) atoms. The van der Waals surface area contributed by atoms with Crippen LogP contribution in [0.3, 0.4) is 0 Å². The van der Waals surface area contributed by atoms with E-state index in [1.165, 1.54) is 34.1 Å². The maximum absolute atomic E-state index is 13.1. The van der Waals surface area contributed by atoms with Crippen LogP contribution in [0.5, 0.6) is 0 Å². The van der Waals surface area contributed by atoms with Crippen molar-refractivity contribution in [1.29, 1.82) is 0 Å². The van der Waals surface area contributed by atoms with Gasteiger partial charge in [-0.2, -0.15) is 0 Å². The van der Waals surface area contributed by atoms with E-state index in [2.05, 4.69) is 0 Å². The number of hydrogen-bond donors (Lipinski definition) is 1. The Bertz CT molecular complexity index is 759. The summed E-state index contributed by atoms with van der Waals surface area (Å²) in [6, 6.07) is 5.17. The van der Waals surface area contributed by atoms with Crippen LogP contribution in [0.4, 0.5) is 10.1 Å². The molecule has 0 unspecified atom stereocenters. The molecule has 0 bridgehead atoms. The Balaban J connectivity index is 1.31. The van der Waals surface area contributed by atoms with Gasteiger partial charge in [0.15, 0.2) is 6.04 Å². The summed E-state index contributed by atoms with van der Waals surface area (Å²) < 4.78 is 13.1. The van der Waals surface area contributed by atoms with Crippen LogP contribution in [-0.4, -0.2) is 54.8 Å². The summed E-state index contributed by atoms with van der Waals surface area (Å²) in [5.41, 5.74) is 0.448. The molecule has 3 aliphatic heterocycles. The molecule has 3 heterocycles. The Morgan fingerprint density at radius 1 is 1.04 bits per heavy atom. The molecular formula is C21H27FN3O3+. The molecule has 3 aliphatic rings. The zero-order valence-electron chi connectivity index (χ0n) is 16.0. The molecule has 4 rings (SSSR count). The van der Waals surface area contributed by atoms with Gasteiger partial charge in [0.05, 0.1) is 25.2 Å². The molecule has 6 nitrogen and oxygen atoms in total. The van der Waals surface area contributed by atoms with Crippen LogP contribution in [-0.2, 0) is 14.4 Å². The lowest BCUT2D eigenvalue weighted by atomic mass is 9.92. The van der Waals surface area contributed by atoms with Crippen molar-refractivity contribution in [2.45, 2.75) is 44.6 Å². The maximum atomic E-state index is 13.1. The summed E-state index contributed by atoms with van der Waals surface area (Å²) in [5, 5.41) is 0. The molecule has 0 saturated carbocycles. The number of carbonyl (C=O) groups excluding carboxylic acids is 3. The molecule has 0 aromatic heterocycles. The van der Waals surface area contributed by atoms with E-state index in [0.717, 1.165) is 51.9 Å². The molecule has 3 fully saturated rings. The molecule has 1 N–H and O–H groups in total. The van der Waals surface area contributed by atoms with E-state index >= 15 is 0 Å². The van der Waals surface area contributed by atoms with E-state index in [1.807, 2.05) is 4.90 Å². The van der Waals surface area contributed by atoms with Crippen molar-refractivity contribution in [3.8, 4) is 0 Å². The average molecular weight is 388 g/mol. The van der Waals surface area contributed by atoms with Crippen molar-refractivity contribution in [2.75, 3.05) is 31.1 Å². The van der Waals surface area contributed by atoms with Crippen molar-refractivity contribution in [3.63, 3.8) is 0 Å². The normalized spacial score (nSPS) is 28.5. The Kier molecular flexibility index (Phi) is 5.44. The zero-order chi connectivity index (χ0) is 19.7. The number of carbonyl (C=O) groups is 3. The van der Waals surface area contributed by atoms with Gasteiger partial charge >= 0.3 is 0 Å². The summed E-state index contributed by atoms with van der Waals surface area (Å²) in [7, 11) is 0. The minimum atomic E-state index is -0.386. The van der Waals surface area contributed by atoms with Crippen molar-refractivity contribution in [1.82, 2.24) is 4.90 Å². The second-order valence-electron chi connectivity index (χ2n) is 8.18. The third-order valence-electron chi connectivity index (χ3n) is 6.45. The number of amides is 3. The predicted octanol–water partition coefficient (Wildman–Crippen LogP) is 0.765. The highest BCUT2D eigenvalue weighted by molar-refractivity contribution is 6.21. The van der Waals surface area contributed by atoms with E-state index in [9.17, 15) is 18.8 Å². The molecular weight excluding hydrogens is 361 g/mol. The maximum Gasteiger partial charge on any atom is 0.292 e. The second-order valence-corrected chi connectivity index (χ2v) is 8.18. The molecule has 0 aliphatic carbocycles. The number of benzene rings is 1. The summed E-state index contributed by atoms with van der Waals surface area (Å²) in [4.78, 5) is 41.4. The van der Waals surface area contributed by atoms with Gasteiger partial charge in [-0.05, 0) is 55.9 Å². The SMILES string of the molecule is O=C1CCCN1CCC1CC[NH+]([C@H]2CC(=O)N(c3ccc(F)cc3)C2=O)CC1. The Morgan fingerprint density at radius 3 is 2.39 bits per heavy atom. The fourth-order valence-electron chi connectivity index (χ4n) is 4.78. The number of piperidine rings is 1. The number of imide groups is 1. The first kappa shape index (κ1) is 19.1. The van der Waals surface area contributed by atoms with Crippen molar-refractivity contribution in [3.05, 3.63) is 30.1 Å². The first-order valence-corrected chi connectivity index (χ1v) is 10.3. The van der Waals surface area contributed by atoms with Crippen LogP contribution in [0.15, 0.2) is 24.3 Å². The highest BCUT2D eigenvalue weighted by Crippen LogP contribution is 2.23. The molecule has 1 atom stereocenters. The lowest BCUT2D eigenvalue weighted by Gasteiger charge is -2.32. The van der Waals surface area contributed by atoms with Gasteiger partial charge in [-0.3, -0.25) is 14.4 Å². The highest BCUT2D eigenvalue weighted by Gasteiger charge is 2.46. The van der Waals surface area contributed by atoms with Crippen LogP contribution in [0.25, 0.3) is 0 Å². The number of nitrogens with one attached hydrogen (secondary N) is 1. The first-order valence-electron chi connectivity index (χ1n) is 10.3. The lowest BCUT2D eigenvalue weighted by molar-refractivity contribution is -0.920. The van der Waals surface area contributed by atoms with Crippen LogP contribution >= 0.6 is 0 Å². The number of halogens is 1. The van der Waals surface area contributed by atoms with Gasteiger partial charge in [0.25, 0.3) is 5.91 Å². The van der Waals surface area contributed by atoms with E-state index in [4.69, 9.17) is 0 Å². The molecule has 7 heteroatoms. The minimum absolute atomic E-state index is 0.173. The molecule has 3 saturated heterocycles. The highest BCUT2D eigenvalue weighted by atomic mass is 19.1. The monoisotopic (exact) mass is 388 g/mol. The summed E-state index contributed by atoms with van der Waals surface area (Å²) >= 11 is 0. The van der Waals surface area contributed by atoms with Crippen molar-refractivity contribution >= 4 is 23.4 Å². The first-order chi connectivity index (χ1) is 13.5. The Morgan fingerprint density at radius 2 is 1.75 bits per heavy atom. The van der Waals surface area contributed by atoms with Gasteiger partial charge in [-0.15, -0.1) is 0 Å².